The van der Waals surface area contributed by atoms with E-state index in [1.165, 1.54) is 11.1 Å². The quantitative estimate of drug-likeness (QED) is 0.596. The maximum atomic E-state index is 12.7. The van der Waals surface area contributed by atoms with E-state index in [2.05, 4.69) is 74.6 Å². The maximum Gasteiger partial charge on any atom is 0.232 e. The van der Waals surface area contributed by atoms with E-state index in [0.717, 1.165) is 30.5 Å². The first kappa shape index (κ1) is 23.9. The molecule has 2 aromatic rings. The van der Waals surface area contributed by atoms with Crippen LogP contribution in [0.15, 0.2) is 48.5 Å². The van der Waals surface area contributed by atoms with Crippen LogP contribution >= 0.6 is 0 Å². The SMILES string of the molecule is CC.CC.CCCCNC(=O)C(c1ccc(C)cc1)c1ccc(C)cc1. The second-order valence-corrected chi connectivity index (χ2v) is 5.90. The lowest BCUT2D eigenvalue weighted by atomic mass is 9.89. The summed E-state index contributed by atoms with van der Waals surface area (Å²) in [7, 11) is 0. The Morgan fingerprint density at radius 3 is 1.54 bits per heavy atom. The van der Waals surface area contributed by atoms with Gasteiger partial charge in [-0.1, -0.05) is 101 Å². The molecule has 0 fully saturated rings. The minimum absolute atomic E-state index is 0.0844. The van der Waals surface area contributed by atoms with Gasteiger partial charge in [-0.25, -0.2) is 0 Å². The first-order valence-corrected chi connectivity index (χ1v) is 10.0. The molecule has 0 heterocycles. The zero-order valence-corrected chi connectivity index (χ0v) is 17.7. The first-order valence-electron chi connectivity index (χ1n) is 10.0. The fourth-order valence-electron chi connectivity index (χ4n) is 2.50. The Morgan fingerprint density at radius 2 is 1.19 bits per heavy atom. The van der Waals surface area contributed by atoms with Gasteiger partial charge in [-0.05, 0) is 31.4 Å². The Bertz CT molecular complexity index is 554. The molecular weight excluding hydrogens is 318 g/mol. The van der Waals surface area contributed by atoms with Gasteiger partial charge in [-0.3, -0.25) is 4.79 Å². The van der Waals surface area contributed by atoms with E-state index in [9.17, 15) is 4.79 Å². The van der Waals surface area contributed by atoms with Crippen molar-refractivity contribution in [2.24, 2.45) is 0 Å². The minimum atomic E-state index is -0.238. The van der Waals surface area contributed by atoms with E-state index in [-0.39, 0.29) is 11.8 Å². The number of benzene rings is 2. The van der Waals surface area contributed by atoms with Gasteiger partial charge in [0.1, 0.15) is 0 Å². The van der Waals surface area contributed by atoms with Crippen molar-refractivity contribution in [2.75, 3.05) is 6.54 Å². The third-order valence-corrected chi connectivity index (χ3v) is 3.91. The van der Waals surface area contributed by atoms with Crippen LogP contribution in [0.25, 0.3) is 0 Å². The number of carbonyl (C=O) groups excluding carboxylic acids is 1. The molecule has 26 heavy (non-hydrogen) atoms. The highest BCUT2D eigenvalue weighted by atomic mass is 16.1. The van der Waals surface area contributed by atoms with Gasteiger partial charge in [0.25, 0.3) is 0 Å². The van der Waals surface area contributed by atoms with Crippen LogP contribution in [0, 0.1) is 13.8 Å². The molecule has 0 aliphatic carbocycles. The van der Waals surface area contributed by atoms with Crippen molar-refractivity contribution in [1.82, 2.24) is 5.32 Å². The molecule has 0 unspecified atom stereocenters. The highest BCUT2D eigenvalue weighted by Gasteiger charge is 2.22. The molecule has 0 saturated carbocycles. The molecule has 0 atom stereocenters. The molecule has 0 aromatic heterocycles. The molecule has 2 heteroatoms. The van der Waals surface area contributed by atoms with Crippen molar-refractivity contribution in [3.05, 3.63) is 70.8 Å². The average molecular weight is 356 g/mol. The largest absolute Gasteiger partial charge is 0.355 e. The fourth-order valence-corrected chi connectivity index (χ4v) is 2.50. The van der Waals surface area contributed by atoms with E-state index in [1.54, 1.807) is 0 Å². The third kappa shape index (κ3) is 7.86. The summed E-state index contributed by atoms with van der Waals surface area (Å²) in [6, 6.07) is 16.5. The third-order valence-electron chi connectivity index (χ3n) is 3.91. The molecule has 2 nitrogen and oxygen atoms in total. The van der Waals surface area contributed by atoms with Crippen molar-refractivity contribution in [3.8, 4) is 0 Å². The Morgan fingerprint density at radius 1 is 0.808 bits per heavy atom. The lowest BCUT2D eigenvalue weighted by Gasteiger charge is -2.18. The fraction of sp³-hybridized carbons (Fsp3) is 0.458. The number of nitrogens with one attached hydrogen (secondary N) is 1. The monoisotopic (exact) mass is 355 g/mol. The van der Waals surface area contributed by atoms with Crippen LogP contribution in [0.1, 0.15) is 75.6 Å². The van der Waals surface area contributed by atoms with Crippen LogP contribution in [0.5, 0.6) is 0 Å². The average Bonchev–Trinajstić information content (AvgIpc) is 2.68. The molecule has 0 aliphatic heterocycles. The zero-order valence-electron chi connectivity index (χ0n) is 17.7. The van der Waals surface area contributed by atoms with Gasteiger partial charge in [0.2, 0.25) is 5.91 Å². The molecule has 2 rings (SSSR count). The van der Waals surface area contributed by atoms with Gasteiger partial charge in [0.05, 0.1) is 5.92 Å². The Labute approximate surface area is 161 Å². The smallest absolute Gasteiger partial charge is 0.232 e. The summed E-state index contributed by atoms with van der Waals surface area (Å²) < 4.78 is 0. The van der Waals surface area contributed by atoms with Gasteiger partial charge in [0, 0.05) is 6.54 Å². The highest BCUT2D eigenvalue weighted by molar-refractivity contribution is 5.87. The lowest BCUT2D eigenvalue weighted by molar-refractivity contribution is -0.121. The summed E-state index contributed by atoms with van der Waals surface area (Å²) in [6.45, 7) is 15.0. The van der Waals surface area contributed by atoms with E-state index < -0.39 is 0 Å². The number of hydrogen-bond donors (Lipinski definition) is 1. The maximum absolute atomic E-state index is 12.7. The van der Waals surface area contributed by atoms with Gasteiger partial charge in [-0.15, -0.1) is 0 Å². The number of unbranched alkanes of at least 4 members (excludes halogenated alkanes) is 1. The zero-order chi connectivity index (χ0) is 19.9. The van der Waals surface area contributed by atoms with Crippen molar-refractivity contribution in [2.45, 2.75) is 67.2 Å². The van der Waals surface area contributed by atoms with Crippen LogP contribution < -0.4 is 5.32 Å². The molecule has 0 radical (unpaired) electrons. The first-order chi connectivity index (χ1) is 12.6. The van der Waals surface area contributed by atoms with Gasteiger partial charge in [0.15, 0.2) is 0 Å². The second kappa shape index (κ2) is 14.1. The topological polar surface area (TPSA) is 29.1 Å². The van der Waals surface area contributed by atoms with E-state index in [4.69, 9.17) is 0 Å². The van der Waals surface area contributed by atoms with Gasteiger partial charge >= 0.3 is 0 Å². The molecule has 1 N–H and O–H groups in total. The molecule has 0 aliphatic rings. The van der Waals surface area contributed by atoms with Crippen molar-refractivity contribution >= 4 is 5.91 Å². The summed E-state index contributed by atoms with van der Waals surface area (Å²) >= 11 is 0. The van der Waals surface area contributed by atoms with Crippen molar-refractivity contribution in [3.63, 3.8) is 0 Å². The van der Waals surface area contributed by atoms with Crippen LogP contribution in [-0.4, -0.2) is 12.5 Å². The minimum Gasteiger partial charge on any atom is -0.355 e. The molecule has 0 spiro atoms. The highest BCUT2D eigenvalue weighted by Crippen LogP contribution is 2.25. The van der Waals surface area contributed by atoms with Gasteiger partial charge < -0.3 is 5.32 Å². The lowest BCUT2D eigenvalue weighted by Crippen LogP contribution is -2.30. The van der Waals surface area contributed by atoms with Crippen molar-refractivity contribution in [1.29, 1.82) is 0 Å². The van der Waals surface area contributed by atoms with Gasteiger partial charge in [-0.2, -0.15) is 0 Å². The molecule has 0 saturated heterocycles. The standard InChI is InChI=1S/C20H25NO.2C2H6/c1-4-5-14-21-20(22)19(17-10-6-15(2)7-11-17)18-12-8-16(3)9-13-18;2*1-2/h6-13,19H,4-5,14H2,1-3H3,(H,21,22);2*1-2H3. The van der Waals surface area contributed by atoms with E-state index >= 15 is 0 Å². The predicted molar refractivity (Wildman–Crippen MR) is 115 cm³/mol. The summed E-state index contributed by atoms with van der Waals surface area (Å²) in [5.41, 5.74) is 4.50. The Hall–Kier alpha value is -2.09. The molecule has 0 bridgehead atoms. The Kier molecular flexibility index (Phi) is 13.0. The number of hydrogen-bond acceptors (Lipinski definition) is 1. The molecular formula is C24H37NO. The van der Waals surface area contributed by atoms with E-state index in [0.29, 0.717) is 0 Å². The molecule has 1 amide bonds. The molecule has 2 aromatic carbocycles. The number of rotatable bonds is 6. The van der Waals surface area contributed by atoms with Crippen LogP contribution in [0.2, 0.25) is 0 Å². The Balaban J connectivity index is 0.00000146. The predicted octanol–water partition coefficient (Wildman–Crippen LogP) is 6.40. The van der Waals surface area contributed by atoms with Crippen LogP contribution in [-0.2, 0) is 4.79 Å². The van der Waals surface area contributed by atoms with E-state index in [1.807, 2.05) is 27.7 Å². The molecule has 144 valence electrons. The van der Waals surface area contributed by atoms with Crippen molar-refractivity contribution < 1.29 is 4.79 Å². The summed E-state index contributed by atoms with van der Waals surface area (Å²) in [6.07, 6.45) is 2.10. The van der Waals surface area contributed by atoms with Crippen LogP contribution in [0.3, 0.4) is 0 Å². The number of amides is 1. The second-order valence-electron chi connectivity index (χ2n) is 5.90. The summed E-state index contributed by atoms with van der Waals surface area (Å²) in [4.78, 5) is 12.7. The van der Waals surface area contributed by atoms with Crippen LogP contribution in [0.4, 0.5) is 0 Å². The summed E-state index contributed by atoms with van der Waals surface area (Å²) in [5, 5.41) is 3.07. The normalized spacial score (nSPS) is 9.54. The number of carbonyl (C=O) groups is 1. The summed E-state index contributed by atoms with van der Waals surface area (Å²) in [5.74, 6) is -0.154. The number of aryl methyl sites for hydroxylation is 2.